The smallest absolute Gasteiger partial charge is 0.138 e. The molecule has 2 aromatic rings. The quantitative estimate of drug-likeness (QED) is 0.860. The van der Waals surface area contributed by atoms with Crippen LogP contribution in [0.15, 0.2) is 24.7 Å². The van der Waals surface area contributed by atoms with E-state index in [0.717, 1.165) is 30.9 Å². The standard InChI is InChI=1S/C14H21N5/c1-4-8-19-14(17-10-18-19)9-13(15-3)12-6-5-7-16-11(12)2/h5-7,10,13,15H,4,8-9H2,1-3H3. The molecule has 2 rings (SSSR count). The highest BCUT2D eigenvalue weighted by atomic mass is 15.3. The Morgan fingerprint density at radius 3 is 2.89 bits per heavy atom. The Bertz CT molecular complexity index is 520. The van der Waals surface area contributed by atoms with Crippen LogP contribution in [0.25, 0.3) is 0 Å². The zero-order chi connectivity index (χ0) is 13.7. The van der Waals surface area contributed by atoms with Gasteiger partial charge in [-0.15, -0.1) is 0 Å². The van der Waals surface area contributed by atoms with Crippen molar-refractivity contribution in [1.29, 1.82) is 0 Å². The number of rotatable bonds is 6. The zero-order valence-corrected chi connectivity index (χ0v) is 11.8. The van der Waals surface area contributed by atoms with E-state index in [1.54, 1.807) is 6.33 Å². The summed E-state index contributed by atoms with van der Waals surface area (Å²) in [6, 6.07) is 4.31. The molecule has 0 spiro atoms. The Kier molecular flexibility index (Phi) is 4.63. The van der Waals surface area contributed by atoms with Gasteiger partial charge in [-0.3, -0.25) is 9.67 Å². The molecule has 1 N–H and O–H groups in total. The van der Waals surface area contributed by atoms with Crippen molar-refractivity contribution in [2.45, 2.75) is 39.3 Å². The maximum atomic E-state index is 4.37. The van der Waals surface area contributed by atoms with Crippen LogP contribution >= 0.6 is 0 Å². The highest BCUT2D eigenvalue weighted by Gasteiger charge is 2.16. The fraction of sp³-hybridized carbons (Fsp3) is 0.500. The number of aryl methyl sites for hydroxylation is 2. The largest absolute Gasteiger partial charge is 0.313 e. The van der Waals surface area contributed by atoms with Crippen molar-refractivity contribution < 1.29 is 0 Å². The van der Waals surface area contributed by atoms with E-state index in [9.17, 15) is 0 Å². The molecule has 19 heavy (non-hydrogen) atoms. The van der Waals surface area contributed by atoms with Gasteiger partial charge in [-0.25, -0.2) is 4.98 Å². The molecule has 0 aliphatic rings. The van der Waals surface area contributed by atoms with E-state index in [4.69, 9.17) is 0 Å². The summed E-state index contributed by atoms with van der Waals surface area (Å²) >= 11 is 0. The van der Waals surface area contributed by atoms with Crippen molar-refractivity contribution >= 4 is 0 Å². The number of aromatic nitrogens is 4. The summed E-state index contributed by atoms with van der Waals surface area (Å²) in [5, 5.41) is 7.62. The van der Waals surface area contributed by atoms with E-state index in [0.29, 0.717) is 0 Å². The second-order valence-electron chi connectivity index (χ2n) is 4.62. The highest BCUT2D eigenvalue weighted by Crippen LogP contribution is 2.19. The molecule has 2 aromatic heterocycles. The van der Waals surface area contributed by atoms with E-state index in [1.807, 2.05) is 30.9 Å². The summed E-state index contributed by atoms with van der Waals surface area (Å²) in [6.45, 7) is 5.10. The lowest BCUT2D eigenvalue weighted by Crippen LogP contribution is -2.22. The summed E-state index contributed by atoms with van der Waals surface area (Å²) in [7, 11) is 1.97. The average molecular weight is 259 g/mol. The highest BCUT2D eigenvalue weighted by molar-refractivity contribution is 5.23. The van der Waals surface area contributed by atoms with Gasteiger partial charge in [0.1, 0.15) is 12.2 Å². The van der Waals surface area contributed by atoms with Crippen LogP contribution in [-0.2, 0) is 13.0 Å². The monoisotopic (exact) mass is 259 g/mol. The van der Waals surface area contributed by atoms with Gasteiger partial charge in [-0.1, -0.05) is 13.0 Å². The molecule has 5 heteroatoms. The Balaban J connectivity index is 2.19. The predicted molar refractivity (Wildman–Crippen MR) is 74.8 cm³/mol. The van der Waals surface area contributed by atoms with Crippen molar-refractivity contribution in [3.8, 4) is 0 Å². The SMILES string of the molecule is CCCn1ncnc1CC(NC)c1cccnc1C. The molecule has 2 heterocycles. The van der Waals surface area contributed by atoms with E-state index >= 15 is 0 Å². The van der Waals surface area contributed by atoms with Gasteiger partial charge in [-0.05, 0) is 32.0 Å². The van der Waals surface area contributed by atoms with Gasteiger partial charge in [0.25, 0.3) is 0 Å². The first-order valence-electron chi connectivity index (χ1n) is 6.71. The lowest BCUT2D eigenvalue weighted by atomic mass is 10.0. The van der Waals surface area contributed by atoms with Crippen molar-refractivity contribution in [2.75, 3.05) is 7.05 Å². The molecule has 0 saturated carbocycles. The van der Waals surface area contributed by atoms with Gasteiger partial charge < -0.3 is 5.32 Å². The van der Waals surface area contributed by atoms with Gasteiger partial charge in [-0.2, -0.15) is 5.10 Å². The second kappa shape index (κ2) is 6.43. The molecule has 1 atom stereocenters. The Morgan fingerprint density at radius 2 is 2.21 bits per heavy atom. The normalized spacial score (nSPS) is 12.6. The minimum atomic E-state index is 0.216. The lowest BCUT2D eigenvalue weighted by Gasteiger charge is -2.18. The van der Waals surface area contributed by atoms with Crippen LogP contribution in [0.1, 0.15) is 36.5 Å². The van der Waals surface area contributed by atoms with Crippen molar-refractivity contribution in [2.24, 2.45) is 0 Å². The third kappa shape index (κ3) is 3.17. The average Bonchev–Trinajstić information content (AvgIpc) is 2.85. The minimum absolute atomic E-state index is 0.216. The summed E-state index contributed by atoms with van der Waals surface area (Å²) in [5.74, 6) is 1.02. The van der Waals surface area contributed by atoms with Crippen molar-refractivity contribution in [3.63, 3.8) is 0 Å². The van der Waals surface area contributed by atoms with E-state index in [-0.39, 0.29) is 6.04 Å². The number of nitrogens with one attached hydrogen (secondary N) is 1. The molecule has 0 aromatic carbocycles. The molecular formula is C14H21N5. The van der Waals surface area contributed by atoms with Crippen molar-refractivity contribution in [1.82, 2.24) is 25.1 Å². The van der Waals surface area contributed by atoms with Crippen LogP contribution in [0.5, 0.6) is 0 Å². The van der Waals surface area contributed by atoms with Gasteiger partial charge in [0.2, 0.25) is 0 Å². The molecule has 102 valence electrons. The van der Waals surface area contributed by atoms with E-state index in [2.05, 4.69) is 33.4 Å². The van der Waals surface area contributed by atoms with Crippen LogP contribution in [-0.4, -0.2) is 26.8 Å². The first-order chi connectivity index (χ1) is 9.26. The van der Waals surface area contributed by atoms with Gasteiger partial charge in [0.15, 0.2) is 0 Å². The topological polar surface area (TPSA) is 55.6 Å². The number of nitrogens with zero attached hydrogens (tertiary/aromatic N) is 4. The third-order valence-corrected chi connectivity index (χ3v) is 3.29. The molecule has 0 amide bonds. The Hall–Kier alpha value is -1.75. The minimum Gasteiger partial charge on any atom is -0.313 e. The lowest BCUT2D eigenvalue weighted by molar-refractivity contribution is 0.514. The van der Waals surface area contributed by atoms with Gasteiger partial charge in [0.05, 0.1) is 0 Å². The van der Waals surface area contributed by atoms with Crippen LogP contribution in [0.3, 0.4) is 0 Å². The molecule has 0 bridgehead atoms. The van der Waals surface area contributed by atoms with Gasteiger partial charge in [0, 0.05) is 30.9 Å². The molecule has 0 aliphatic carbocycles. The second-order valence-corrected chi connectivity index (χ2v) is 4.62. The molecule has 0 aliphatic heterocycles. The van der Waals surface area contributed by atoms with Crippen LogP contribution in [0.2, 0.25) is 0 Å². The number of likely N-dealkylation sites (N-methyl/N-ethyl adjacent to an activating group) is 1. The number of hydrogen-bond acceptors (Lipinski definition) is 4. The third-order valence-electron chi connectivity index (χ3n) is 3.29. The zero-order valence-electron chi connectivity index (χ0n) is 11.8. The maximum Gasteiger partial charge on any atom is 0.138 e. The number of hydrogen-bond donors (Lipinski definition) is 1. The summed E-state index contributed by atoms with van der Waals surface area (Å²) in [4.78, 5) is 8.72. The molecule has 0 saturated heterocycles. The molecule has 5 nitrogen and oxygen atoms in total. The van der Waals surface area contributed by atoms with Crippen LogP contribution < -0.4 is 5.32 Å². The Morgan fingerprint density at radius 1 is 1.37 bits per heavy atom. The first kappa shape index (κ1) is 13.7. The fourth-order valence-corrected chi connectivity index (χ4v) is 2.26. The molecule has 0 radical (unpaired) electrons. The van der Waals surface area contributed by atoms with Gasteiger partial charge >= 0.3 is 0 Å². The van der Waals surface area contributed by atoms with Crippen molar-refractivity contribution in [3.05, 3.63) is 41.7 Å². The van der Waals surface area contributed by atoms with E-state index < -0.39 is 0 Å². The summed E-state index contributed by atoms with van der Waals surface area (Å²) in [6.07, 6.45) is 5.34. The van der Waals surface area contributed by atoms with E-state index in [1.165, 1.54) is 5.56 Å². The Labute approximate surface area is 114 Å². The fourth-order valence-electron chi connectivity index (χ4n) is 2.26. The molecule has 1 unspecified atom stereocenters. The molecular weight excluding hydrogens is 238 g/mol. The molecule has 0 fully saturated rings. The maximum absolute atomic E-state index is 4.37. The van der Waals surface area contributed by atoms with Crippen LogP contribution in [0.4, 0.5) is 0 Å². The number of pyridine rings is 1. The first-order valence-corrected chi connectivity index (χ1v) is 6.71. The van der Waals surface area contributed by atoms with Crippen LogP contribution in [0, 0.1) is 6.92 Å². The summed E-state index contributed by atoms with van der Waals surface area (Å²) in [5.41, 5.74) is 2.28. The summed E-state index contributed by atoms with van der Waals surface area (Å²) < 4.78 is 1.98. The predicted octanol–water partition coefficient (Wildman–Crippen LogP) is 1.89.